The van der Waals surface area contributed by atoms with Gasteiger partial charge in [-0.25, -0.2) is 4.39 Å². The molecular formula is C12H25FN2. The zero-order valence-corrected chi connectivity index (χ0v) is 10.3. The molecule has 0 aromatic heterocycles. The van der Waals surface area contributed by atoms with Gasteiger partial charge >= 0.3 is 0 Å². The maximum atomic E-state index is 14.9. The molecule has 0 radical (unpaired) electrons. The number of nitrogens with two attached hydrogens (primary N) is 1. The van der Waals surface area contributed by atoms with Crippen LogP contribution in [-0.4, -0.2) is 24.8 Å². The van der Waals surface area contributed by atoms with Crippen LogP contribution in [0.2, 0.25) is 0 Å². The standard InChI is InChI=1S/C12H25FN2/c1-11(2,3)12(13,9-14)10-7-5-4-6-8-15-10/h10,15H,4-9,14H2,1-3H3. The molecule has 1 saturated heterocycles. The number of halogens is 1. The normalized spacial score (nSPS) is 28.2. The Balaban J connectivity index is 2.79. The Labute approximate surface area is 92.8 Å². The molecule has 3 N–H and O–H groups in total. The zero-order chi connectivity index (χ0) is 11.5. The first-order valence-corrected chi connectivity index (χ1v) is 6.04. The van der Waals surface area contributed by atoms with Crippen LogP contribution in [-0.2, 0) is 0 Å². The molecule has 2 unspecified atom stereocenters. The van der Waals surface area contributed by atoms with E-state index in [4.69, 9.17) is 5.73 Å². The van der Waals surface area contributed by atoms with Gasteiger partial charge in [0.2, 0.25) is 0 Å². The highest BCUT2D eigenvalue weighted by Gasteiger charge is 2.47. The summed E-state index contributed by atoms with van der Waals surface area (Å²) >= 11 is 0. The van der Waals surface area contributed by atoms with Gasteiger partial charge in [-0.05, 0) is 24.8 Å². The lowest BCUT2D eigenvalue weighted by molar-refractivity contribution is -0.00160. The molecule has 1 rings (SSSR count). The predicted octanol–water partition coefficient (Wildman–Crippen LogP) is 2.23. The molecule has 0 aromatic rings. The van der Waals surface area contributed by atoms with E-state index in [0.717, 1.165) is 25.8 Å². The average molecular weight is 216 g/mol. The van der Waals surface area contributed by atoms with Gasteiger partial charge in [0.05, 0.1) is 0 Å². The summed E-state index contributed by atoms with van der Waals surface area (Å²) in [5.41, 5.74) is 3.97. The summed E-state index contributed by atoms with van der Waals surface area (Å²) in [6, 6.07) is -0.0787. The Morgan fingerprint density at radius 1 is 1.27 bits per heavy atom. The second-order valence-electron chi connectivity index (χ2n) is 5.67. The van der Waals surface area contributed by atoms with Crippen LogP contribution in [0.4, 0.5) is 4.39 Å². The highest BCUT2D eigenvalue weighted by Crippen LogP contribution is 2.38. The molecule has 0 aromatic carbocycles. The first-order chi connectivity index (χ1) is 6.92. The van der Waals surface area contributed by atoms with E-state index >= 15 is 0 Å². The molecule has 0 bridgehead atoms. The van der Waals surface area contributed by atoms with Gasteiger partial charge in [-0.15, -0.1) is 0 Å². The van der Waals surface area contributed by atoms with Gasteiger partial charge in [0, 0.05) is 12.6 Å². The molecule has 0 saturated carbocycles. The van der Waals surface area contributed by atoms with Crippen LogP contribution >= 0.6 is 0 Å². The van der Waals surface area contributed by atoms with Crippen molar-refractivity contribution in [3.8, 4) is 0 Å². The van der Waals surface area contributed by atoms with E-state index in [1.807, 2.05) is 20.8 Å². The van der Waals surface area contributed by atoms with E-state index in [-0.39, 0.29) is 12.6 Å². The van der Waals surface area contributed by atoms with Crippen LogP contribution in [0.1, 0.15) is 46.5 Å². The van der Waals surface area contributed by atoms with Crippen LogP contribution < -0.4 is 11.1 Å². The summed E-state index contributed by atoms with van der Waals surface area (Å²) in [6.45, 7) is 6.84. The minimum atomic E-state index is -1.29. The van der Waals surface area contributed by atoms with Gasteiger partial charge in [-0.2, -0.15) is 0 Å². The van der Waals surface area contributed by atoms with Crippen LogP contribution in [0, 0.1) is 5.41 Å². The first kappa shape index (κ1) is 12.9. The monoisotopic (exact) mass is 216 g/mol. The van der Waals surface area contributed by atoms with Crippen molar-refractivity contribution in [1.29, 1.82) is 0 Å². The van der Waals surface area contributed by atoms with Crippen molar-refractivity contribution in [2.45, 2.75) is 58.2 Å². The highest BCUT2D eigenvalue weighted by molar-refractivity contribution is 5.01. The van der Waals surface area contributed by atoms with Crippen molar-refractivity contribution < 1.29 is 4.39 Å². The summed E-state index contributed by atoms with van der Waals surface area (Å²) in [5.74, 6) is 0. The van der Waals surface area contributed by atoms with Crippen LogP contribution in [0.15, 0.2) is 0 Å². The number of rotatable bonds is 2. The second-order valence-corrected chi connectivity index (χ2v) is 5.67. The maximum Gasteiger partial charge on any atom is 0.143 e. The van der Waals surface area contributed by atoms with E-state index in [2.05, 4.69) is 5.32 Å². The van der Waals surface area contributed by atoms with Crippen molar-refractivity contribution >= 4 is 0 Å². The molecule has 15 heavy (non-hydrogen) atoms. The van der Waals surface area contributed by atoms with Crippen LogP contribution in [0.25, 0.3) is 0 Å². The van der Waals surface area contributed by atoms with E-state index < -0.39 is 11.1 Å². The van der Waals surface area contributed by atoms with Gasteiger partial charge in [-0.3, -0.25) is 0 Å². The molecule has 1 fully saturated rings. The summed E-state index contributed by atoms with van der Waals surface area (Å²) < 4.78 is 14.9. The van der Waals surface area contributed by atoms with Gasteiger partial charge < -0.3 is 11.1 Å². The topological polar surface area (TPSA) is 38.0 Å². The summed E-state index contributed by atoms with van der Waals surface area (Å²) in [5, 5.41) is 3.32. The maximum absolute atomic E-state index is 14.9. The average Bonchev–Trinajstić information content (AvgIpc) is 2.43. The second kappa shape index (κ2) is 4.79. The van der Waals surface area contributed by atoms with Gasteiger partial charge in [0.1, 0.15) is 5.67 Å². The Hall–Kier alpha value is -0.150. The van der Waals surface area contributed by atoms with Crippen LogP contribution in [0.5, 0.6) is 0 Å². The first-order valence-electron chi connectivity index (χ1n) is 6.04. The van der Waals surface area contributed by atoms with Crippen molar-refractivity contribution in [3.05, 3.63) is 0 Å². The highest BCUT2D eigenvalue weighted by atomic mass is 19.1. The molecule has 90 valence electrons. The molecule has 3 heteroatoms. The summed E-state index contributed by atoms with van der Waals surface area (Å²) in [7, 11) is 0. The quantitative estimate of drug-likeness (QED) is 0.743. The van der Waals surface area contributed by atoms with E-state index in [1.54, 1.807) is 0 Å². The molecule has 0 amide bonds. The third-order valence-electron chi connectivity index (χ3n) is 3.66. The Kier molecular flexibility index (Phi) is 4.13. The Bertz CT molecular complexity index is 192. The van der Waals surface area contributed by atoms with Gasteiger partial charge in [-0.1, -0.05) is 33.6 Å². The molecular weight excluding hydrogens is 191 g/mol. The molecule has 0 spiro atoms. The molecule has 2 nitrogen and oxygen atoms in total. The Morgan fingerprint density at radius 2 is 1.93 bits per heavy atom. The Morgan fingerprint density at radius 3 is 2.47 bits per heavy atom. The van der Waals surface area contributed by atoms with Gasteiger partial charge in [0.15, 0.2) is 0 Å². The van der Waals surface area contributed by atoms with Crippen molar-refractivity contribution in [2.24, 2.45) is 11.1 Å². The predicted molar refractivity (Wildman–Crippen MR) is 62.6 cm³/mol. The van der Waals surface area contributed by atoms with E-state index in [0.29, 0.717) is 0 Å². The van der Waals surface area contributed by atoms with Crippen molar-refractivity contribution in [3.63, 3.8) is 0 Å². The number of alkyl halides is 1. The molecule has 1 aliphatic rings. The lowest BCUT2D eigenvalue weighted by Crippen LogP contribution is -2.59. The third kappa shape index (κ3) is 2.70. The SMILES string of the molecule is CC(C)(C)C(F)(CN)C1CCCCCN1. The lowest BCUT2D eigenvalue weighted by Gasteiger charge is -2.43. The number of hydrogen-bond donors (Lipinski definition) is 2. The fourth-order valence-electron chi connectivity index (χ4n) is 2.39. The van der Waals surface area contributed by atoms with Gasteiger partial charge in [0.25, 0.3) is 0 Å². The van der Waals surface area contributed by atoms with E-state index in [9.17, 15) is 4.39 Å². The lowest BCUT2D eigenvalue weighted by atomic mass is 9.72. The molecule has 2 atom stereocenters. The molecule has 1 aliphatic heterocycles. The fourth-order valence-corrected chi connectivity index (χ4v) is 2.39. The smallest absolute Gasteiger partial charge is 0.143 e. The summed E-state index contributed by atoms with van der Waals surface area (Å²) in [4.78, 5) is 0. The zero-order valence-electron chi connectivity index (χ0n) is 10.3. The summed E-state index contributed by atoms with van der Waals surface area (Å²) in [6.07, 6.45) is 4.37. The van der Waals surface area contributed by atoms with E-state index in [1.165, 1.54) is 6.42 Å². The largest absolute Gasteiger partial charge is 0.327 e. The fraction of sp³-hybridized carbons (Fsp3) is 1.00. The van der Waals surface area contributed by atoms with Crippen molar-refractivity contribution in [1.82, 2.24) is 5.32 Å². The minimum absolute atomic E-state index is 0.0787. The molecule has 0 aliphatic carbocycles. The van der Waals surface area contributed by atoms with Crippen molar-refractivity contribution in [2.75, 3.05) is 13.1 Å². The number of hydrogen-bond acceptors (Lipinski definition) is 2. The van der Waals surface area contributed by atoms with Crippen LogP contribution in [0.3, 0.4) is 0 Å². The third-order valence-corrected chi connectivity index (χ3v) is 3.66. The number of nitrogens with one attached hydrogen (secondary N) is 1. The minimum Gasteiger partial charge on any atom is -0.327 e. The molecule has 1 heterocycles.